The molecule has 13 heavy (non-hydrogen) atoms. The van der Waals surface area contributed by atoms with Crippen LogP contribution in [0.2, 0.25) is 0 Å². The third-order valence-electron chi connectivity index (χ3n) is 2.12. The Bertz CT molecular complexity index is 271. The normalized spacial score (nSPS) is 10.1. The van der Waals surface area contributed by atoms with E-state index in [4.69, 9.17) is 16.3 Å². The van der Waals surface area contributed by atoms with Crippen LogP contribution in [0.15, 0.2) is 18.2 Å². The van der Waals surface area contributed by atoms with Crippen LogP contribution in [0.3, 0.4) is 0 Å². The summed E-state index contributed by atoms with van der Waals surface area (Å²) in [6.45, 7) is 2.15. The van der Waals surface area contributed by atoms with E-state index in [2.05, 4.69) is 19.1 Å². The Labute approximate surface area is 84.7 Å². The molecule has 0 amide bonds. The van der Waals surface area contributed by atoms with Crippen molar-refractivity contribution in [1.29, 1.82) is 0 Å². The zero-order chi connectivity index (χ0) is 9.68. The molecule has 0 saturated carbocycles. The van der Waals surface area contributed by atoms with E-state index in [0.29, 0.717) is 5.88 Å². The van der Waals surface area contributed by atoms with Crippen LogP contribution in [-0.2, 0) is 12.8 Å². The molecule has 1 aromatic rings. The van der Waals surface area contributed by atoms with E-state index >= 15 is 0 Å². The van der Waals surface area contributed by atoms with E-state index in [9.17, 15) is 0 Å². The second kappa shape index (κ2) is 5.13. The first-order chi connectivity index (χ1) is 6.31. The van der Waals surface area contributed by atoms with Crippen molar-refractivity contribution in [3.63, 3.8) is 0 Å². The fraction of sp³-hybridized carbons (Fsp3) is 0.455. The quantitative estimate of drug-likeness (QED) is 0.676. The molecule has 0 unspecified atom stereocenters. The molecule has 0 aliphatic rings. The zero-order valence-electron chi connectivity index (χ0n) is 8.14. The second-order valence-corrected chi connectivity index (χ2v) is 3.32. The smallest absolute Gasteiger partial charge is 0.122 e. The van der Waals surface area contributed by atoms with Gasteiger partial charge in [0.15, 0.2) is 0 Å². The minimum Gasteiger partial charge on any atom is -0.496 e. The lowest BCUT2D eigenvalue weighted by Crippen LogP contribution is -1.94. The Hall–Kier alpha value is -0.690. The van der Waals surface area contributed by atoms with Gasteiger partial charge in [-0.1, -0.05) is 19.1 Å². The third-order valence-corrected chi connectivity index (χ3v) is 2.31. The molecule has 72 valence electrons. The SMILES string of the molecule is CCc1ccc(OC)c(CCCl)c1. The molecule has 0 radical (unpaired) electrons. The highest BCUT2D eigenvalue weighted by molar-refractivity contribution is 6.18. The Morgan fingerprint density at radius 3 is 2.69 bits per heavy atom. The lowest BCUT2D eigenvalue weighted by molar-refractivity contribution is 0.410. The minimum atomic E-state index is 0.642. The maximum atomic E-state index is 5.70. The molecule has 0 heterocycles. The number of hydrogen-bond donors (Lipinski definition) is 0. The summed E-state index contributed by atoms with van der Waals surface area (Å²) in [6.07, 6.45) is 1.93. The number of benzene rings is 1. The summed E-state index contributed by atoms with van der Waals surface area (Å²) in [7, 11) is 1.69. The van der Waals surface area contributed by atoms with Gasteiger partial charge in [-0.3, -0.25) is 0 Å². The van der Waals surface area contributed by atoms with Gasteiger partial charge in [-0.05, 0) is 30.0 Å². The van der Waals surface area contributed by atoms with Crippen molar-refractivity contribution in [2.75, 3.05) is 13.0 Å². The van der Waals surface area contributed by atoms with Gasteiger partial charge in [-0.15, -0.1) is 11.6 Å². The van der Waals surface area contributed by atoms with E-state index in [1.807, 2.05) is 6.07 Å². The van der Waals surface area contributed by atoms with Crippen LogP contribution < -0.4 is 4.74 Å². The number of halogens is 1. The molecule has 1 rings (SSSR count). The number of methoxy groups -OCH3 is 1. The standard InChI is InChI=1S/C11H15ClO/c1-3-9-4-5-11(13-2)10(8-9)6-7-12/h4-5,8H,3,6-7H2,1-2H3. The van der Waals surface area contributed by atoms with Gasteiger partial charge in [0.2, 0.25) is 0 Å². The Morgan fingerprint density at radius 2 is 2.15 bits per heavy atom. The van der Waals surface area contributed by atoms with Crippen LogP contribution >= 0.6 is 11.6 Å². The molecule has 1 aromatic carbocycles. The fourth-order valence-electron chi connectivity index (χ4n) is 1.35. The number of aryl methyl sites for hydroxylation is 2. The van der Waals surface area contributed by atoms with E-state index in [0.717, 1.165) is 18.6 Å². The Balaban J connectivity index is 2.95. The van der Waals surface area contributed by atoms with Crippen molar-refractivity contribution >= 4 is 11.6 Å². The highest BCUT2D eigenvalue weighted by Crippen LogP contribution is 2.20. The first-order valence-electron chi connectivity index (χ1n) is 4.53. The molecule has 0 aliphatic carbocycles. The monoisotopic (exact) mass is 198 g/mol. The van der Waals surface area contributed by atoms with E-state index in [-0.39, 0.29) is 0 Å². The van der Waals surface area contributed by atoms with Crippen molar-refractivity contribution in [1.82, 2.24) is 0 Å². The lowest BCUT2D eigenvalue weighted by atomic mass is 10.1. The maximum Gasteiger partial charge on any atom is 0.122 e. The molecule has 0 saturated heterocycles. The summed E-state index contributed by atoms with van der Waals surface area (Å²) < 4.78 is 5.24. The summed E-state index contributed by atoms with van der Waals surface area (Å²) >= 11 is 5.70. The number of ether oxygens (including phenoxy) is 1. The van der Waals surface area contributed by atoms with Gasteiger partial charge >= 0.3 is 0 Å². The molecule has 0 bridgehead atoms. The zero-order valence-corrected chi connectivity index (χ0v) is 8.90. The molecule has 0 spiro atoms. The molecule has 1 nitrogen and oxygen atoms in total. The van der Waals surface area contributed by atoms with Gasteiger partial charge in [0.1, 0.15) is 5.75 Å². The molecule has 0 atom stereocenters. The van der Waals surface area contributed by atoms with Crippen molar-refractivity contribution in [2.24, 2.45) is 0 Å². The lowest BCUT2D eigenvalue weighted by Gasteiger charge is -2.08. The van der Waals surface area contributed by atoms with Crippen LogP contribution in [0, 0.1) is 0 Å². The van der Waals surface area contributed by atoms with E-state index in [1.165, 1.54) is 11.1 Å². The second-order valence-electron chi connectivity index (χ2n) is 2.94. The van der Waals surface area contributed by atoms with Crippen LogP contribution in [0.5, 0.6) is 5.75 Å². The summed E-state index contributed by atoms with van der Waals surface area (Å²) in [5, 5.41) is 0. The average molecular weight is 199 g/mol. The van der Waals surface area contributed by atoms with Gasteiger partial charge < -0.3 is 4.74 Å². The van der Waals surface area contributed by atoms with Gasteiger partial charge in [0, 0.05) is 5.88 Å². The van der Waals surface area contributed by atoms with E-state index < -0.39 is 0 Å². The predicted molar refractivity (Wildman–Crippen MR) is 56.8 cm³/mol. The van der Waals surface area contributed by atoms with Crippen molar-refractivity contribution in [3.8, 4) is 5.75 Å². The van der Waals surface area contributed by atoms with Crippen molar-refractivity contribution in [3.05, 3.63) is 29.3 Å². The fourth-order valence-corrected chi connectivity index (χ4v) is 1.55. The predicted octanol–water partition coefficient (Wildman–Crippen LogP) is 3.04. The van der Waals surface area contributed by atoms with Crippen LogP contribution in [0.25, 0.3) is 0 Å². The van der Waals surface area contributed by atoms with Gasteiger partial charge in [-0.25, -0.2) is 0 Å². The first-order valence-corrected chi connectivity index (χ1v) is 5.07. The molecule has 0 N–H and O–H groups in total. The molecule has 0 aliphatic heterocycles. The van der Waals surface area contributed by atoms with Crippen molar-refractivity contribution < 1.29 is 4.74 Å². The van der Waals surface area contributed by atoms with Gasteiger partial charge in [-0.2, -0.15) is 0 Å². The van der Waals surface area contributed by atoms with Crippen molar-refractivity contribution in [2.45, 2.75) is 19.8 Å². The largest absolute Gasteiger partial charge is 0.496 e. The highest BCUT2D eigenvalue weighted by atomic mass is 35.5. The molecular weight excluding hydrogens is 184 g/mol. The third kappa shape index (κ3) is 2.63. The van der Waals surface area contributed by atoms with Crippen LogP contribution in [-0.4, -0.2) is 13.0 Å². The van der Waals surface area contributed by atoms with Crippen LogP contribution in [0.1, 0.15) is 18.1 Å². The molecule has 2 heteroatoms. The highest BCUT2D eigenvalue weighted by Gasteiger charge is 2.02. The first kappa shape index (κ1) is 10.4. The average Bonchev–Trinajstić information content (AvgIpc) is 2.18. The molecule has 0 aromatic heterocycles. The summed E-state index contributed by atoms with van der Waals surface area (Å²) in [4.78, 5) is 0. The molecule has 0 fully saturated rings. The summed E-state index contributed by atoms with van der Waals surface area (Å²) in [6, 6.07) is 6.28. The minimum absolute atomic E-state index is 0.642. The maximum absolute atomic E-state index is 5.70. The Morgan fingerprint density at radius 1 is 1.38 bits per heavy atom. The van der Waals surface area contributed by atoms with Gasteiger partial charge in [0.05, 0.1) is 7.11 Å². The molecular formula is C11H15ClO. The number of rotatable bonds is 4. The van der Waals surface area contributed by atoms with Gasteiger partial charge in [0.25, 0.3) is 0 Å². The number of hydrogen-bond acceptors (Lipinski definition) is 1. The summed E-state index contributed by atoms with van der Waals surface area (Å²) in [5.41, 5.74) is 2.54. The Kier molecular flexibility index (Phi) is 4.10. The van der Waals surface area contributed by atoms with E-state index in [1.54, 1.807) is 7.11 Å². The topological polar surface area (TPSA) is 9.23 Å². The number of alkyl halides is 1. The van der Waals surface area contributed by atoms with Crippen LogP contribution in [0.4, 0.5) is 0 Å². The summed E-state index contributed by atoms with van der Waals surface area (Å²) in [5.74, 6) is 1.58.